The summed E-state index contributed by atoms with van der Waals surface area (Å²) in [5, 5.41) is 9.54. The second-order valence-electron chi connectivity index (χ2n) is 15.2. The van der Waals surface area contributed by atoms with Gasteiger partial charge in [0.05, 0.1) is 44.5 Å². The molecule has 270 valence electrons. The van der Waals surface area contributed by atoms with Crippen LogP contribution in [0, 0.1) is 0 Å². The van der Waals surface area contributed by atoms with Gasteiger partial charge in [-0.1, -0.05) is 140 Å². The van der Waals surface area contributed by atoms with Gasteiger partial charge in [0.15, 0.2) is 5.58 Å². The van der Waals surface area contributed by atoms with E-state index in [2.05, 4.69) is 214 Å². The van der Waals surface area contributed by atoms with E-state index in [1.807, 2.05) is 0 Å². The van der Waals surface area contributed by atoms with Crippen molar-refractivity contribution in [3.05, 3.63) is 200 Å². The van der Waals surface area contributed by atoms with Gasteiger partial charge in [0, 0.05) is 54.3 Å². The zero-order chi connectivity index (χ0) is 37.9. The van der Waals surface area contributed by atoms with Gasteiger partial charge in [-0.25, -0.2) is 0 Å². The minimum Gasteiger partial charge on any atom is -0.454 e. The Labute approximate surface area is 332 Å². The average molecular weight is 740 g/mol. The molecule has 0 aliphatic rings. The Balaban J connectivity index is 1.16. The average Bonchev–Trinajstić information content (AvgIpc) is 4.03. The molecular formula is C54H33N3O. The molecular weight excluding hydrogens is 707 g/mol. The molecule has 0 aliphatic heterocycles. The summed E-state index contributed by atoms with van der Waals surface area (Å²) >= 11 is 0. The van der Waals surface area contributed by atoms with Crippen LogP contribution in [-0.4, -0.2) is 13.7 Å². The van der Waals surface area contributed by atoms with Crippen LogP contribution in [0.3, 0.4) is 0 Å². The van der Waals surface area contributed by atoms with Crippen LogP contribution in [0.25, 0.3) is 116 Å². The first-order valence-corrected chi connectivity index (χ1v) is 19.9. The molecule has 0 saturated carbocycles. The molecule has 0 fully saturated rings. The van der Waals surface area contributed by atoms with Gasteiger partial charge >= 0.3 is 0 Å². The molecule has 9 aromatic carbocycles. The molecule has 4 heterocycles. The van der Waals surface area contributed by atoms with Crippen LogP contribution in [0.15, 0.2) is 205 Å². The van der Waals surface area contributed by atoms with Gasteiger partial charge in [-0.15, -0.1) is 0 Å². The first-order valence-electron chi connectivity index (χ1n) is 19.9. The predicted molar refractivity (Wildman–Crippen MR) is 242 cm³/mol. The Morgan fingerprint density at radius 2 is 0.828 bits per heavy atom. The quantitative estimate of drug-likeness (QED) is 0.177. The zero-order valence-electron chi connectivity index (χ0n) is 31.3. The summed E-state index contributed by atoms with van der Waals surface area (Å²) in [6, 6.07) is 72.3. The highest BCUT2D eigenvalue weighted by Crippen LogP contribution is 2.47. The van der Waals surface area contributed by atoms with Crippen LogP contribution in [0.2, 0.25) is 0 Å². The number of aromatic nitrogens is 3. The third-order valence-electron chi connectivity index (χ3n) is 12.2. The zero-order valence-corrected chi connectivity index (χ0v) is 31.3. The molecule has 0 radical (unpaired) electrons. The summed E-state index contributed by atoms with van der Waals surface area (Å²) in [6.45, 7) is 0. The van der Waals surface area contributed by atoms with Crippen LogP contribution >= 0.6 is 0 Å². The van der Waals surface area contributed by atoms with Gasteiger partial charge in [0.2, 0.25) is 0 Å². The van der Waals surface area contributed by atoms with Gasteiger partial charge in [-0.2, -0.15) is 0 Å². The Morgan fingerprint density at radius 1 is 0.293 bits per heavy atom. The van der Waals surface area contributed by atoms with Gasteiger partial charge in [0.1, 0.15) is 5.58 Å². The lowest BCUT2D eigenvalue weighted by Crippen LogP contribution is -1.98. The Morgan fingerprint density at radius 3 is 1.55 bits per heavy atom. The van der Waals surface area contributed by atoms with Crippen LogP contribution in [0.4, 0.5) is 0 Å². The lowest BCUT2D eigenvalue weighted by atomic mass is 9.96. The highest BCUT2D eigenvalue weighted by molar-refractivity contribution is 6.22. The Kier molecular flexibility index (Phi) is 6.41. The van der Waals surface area contributed by atoms with Gasteiger partial charge in [-0.05, 0) is 66.2 Å². The maximum atomic E-state index is 6.97. The van der Waals surface area contributed by atoms with Crippen LogP contribution in [0.1, 0.15) is 0 Å². The topological polar surface area (TPSA) is 27.9 Å². The maximum Gasteiger partial charge on any atom is 0.160 e. The van der Waals surface area contributed by atoms with Crippen LogP contribution in [-0.2, 0) is 0 Å². The summed E-state index contributed by atoms with van der Waals surface area (Å²) < 4.78 is 14.3. The maximum absolute atomic E-state index is 6.97. The number of hydrogen-bond donors (Lipinski definition) is 0. The molecule has 0 unspecified atom stereocenters. The lowest BCUT2D eigenvalue weighted by Gasteiger charge is -2.15. The first-order chi connectivity index (χ1) is 28.8. The van der Waals surface area contributed by atoms with Crippen molar-refractivity contribution in [2.45, 2.75) is 0 Å². The van der Waals surface area contributed by atoms with Crippen molar-refractivity contribution in [3.63, 3.8) is 0 Å². The minimum atomic E-state index is 0.873. The fraction of sp³-hybridized carbons (Fsp3) is 0. The SMILES string of the molecule is c1ccc(-n2c3ccccc3c3c(-n4c5ccccc5c5cccc(-c6ccc(-n7c8ccccc8c8ccccc87)c7oc8ccccc8c67)c54)cccc32)cc1. The predicted octanol–water partition coefficient (Wildman–Crippen LogP) is 14.5. The summed E-state index contributed by atoms with van der Waals surface area (Å²) in [5.74, 6) is 0. The number of rotatable bonds is 4. The molecule has 0 saturated heterocycles. The van der Waals surface area contributed by atoms with Crippen molar-refractivity contribution >= 4 is 87.4 Å². The monoisotopic (exact) mass is 739 g/mol. The minimum absolute atomic E-state index is 0.873. The van der Waals surface area contributed by atoms with Crippen molar-refractivity contribution in [1.29, 1.82) is 0 Å². The molecule has 0 spiro atoms. The molecule has 13 rings (SSSR count). The second kappa shape index (κ2) is 11.8. The highest BCUT2D eigenvalue weighted by atomic mass is 16.3. The van der Waals surface area contributed by atoms with Crippen molar-refractivity contribution in [2.24, 2.45) is 0 Å². The van der Waals surface area contributed by atoms with E-state index in [1.165, 1.54) is 54.4 Å². The van der Waals surface area contributed by atoms with E-state index in [-0.39, 0.29) is 0 Å². The summed E-state index contributed by atoms with van der Waals surface area (Å²) in [5.41, 5.74) is 14.4. The number of para-hydroxylation sites is 7. The molecule has 0 bridgehead atoms. The van der Waals surface area contributed by atoms with E-state index < -0.39 is 0 Å². The van der Waals surface area contributed by atoms with Crippen molar-refractivity contribution in [3.8, 4) is 28.2 Å². The van der Waals surface area contributed by atoms with E-state index in [0.29, 0.717) is 0 Å². The molecule has 0 aliphatic carbocycles. The number of hydrogen-bond acceptors (Lipinski definition) is 1. The Bertz CT molecular complexity index is 3750. The first kappa shape index (κ1) is 31.4. The lowest BCUT2D eigenvalue weighted by molar-refractivity contribution is 0.666. The fourth-order valence-corrected chi connectivity index (χ4v) is 9.93. The van der Waals surface area contributed by atoms with E-state index >= 15 is 0 Å². The van der Waals surface area contributed by atoms with Gasteiger partial charge in [-0.3, -0.25) is 0 Å². The number of furan rings is 1. The fourth-order valence-electron chi connectivity index (χ4n) is 9.93. The molecule has 13 aromatic rings. The normalized spacial score (nSPS) is 12.1. The van der Waals surface area contributed by atoms with E-state index in [0.717, 1.165) is 61.2 Å². The molecule has 0 amide bonds. The molecule has 4 nitrogen and oxygen atoms in total. The third kappa shape index (κ3) is 4.18. The number of benzene rings is 9. The van der Waals surface area contributed by atoms with Crippen molar-refractivity contribution in [1.82, 2.24) is 13.7 Å². The smallest absolute Gasteiger partial charge is 0.160 e. The third-order valence-corrected chi connectivity index (χ3v) is 12.2. The van der Waals surface area contributed by atoms with Crippen LogP contribution < -0.4 is 0 Å². The van der Waals surface area contributed by atoms with Gasteiger partial charge < -0.3 is 18.1 Å². The van der Waals surface area contributed by atoms with E-state index in [1.54, 1.807) is 0 Å². The molecule has 4 aromatic heterocycles. The molecule has 0 atom stereocenters. The second-order valence-corrected chi connectivity index (χ2v) is 15.2. The molecule has 0 N–H and O–H groups in total. The van der Waals surface area contributed by atoms with Gasteiger partial charge in [0.25, 0.3) is 0 Å². The van der Waals surface area contributed by atoms with E-state index in [4.69, 9.17) is 4.42 Å². The van der Waals surface area contributed by atoms with Crippen LogP contribution in [0.5, 0.6) is 0 Å². The summed E-state index contributed by atoms with van der Waals surface area (Å²) in [7, 11) is 0. The summed E-state index contributed by atoms with van der Waals surface area (Å²) in [6.07, 6.45) is 0. The van der Waals surface area contributed by atoms with Crippen molar-refractivity contribution < 1.29 is 4.42 Å². The highest BCUT2D eigenvalue weighted by Gasteiger charge is 2.25. The number of nitrogens with zero attached hydrogens (tertiary/aromatic N) is 3. The largest absolute Gasteiger partial charge is 0.454 e. The van der Waals surface area contributed by atoms with Crippen molar-refractivity contribution in [2.75, 3.05) is 0 Å². The van der Waals surface area contributed by atoms with E-state index in [9.17, 15) is 0 Å². The number of fused-ring (bicyclic) bond motifs is 12. The Hall–Kier alpha value is -7.82. The standard InChI is InChI=1S/C54H33N3O/c1-2-16-34(17-3-1)55-46-28-12-7-21-41(46)52-47(55)29-15-30-48(52)57-45-27-11-6-20-37(45)39-23-14-24-40(53(39)57)38-32-33-49(54-51(38)42-22-8-13-31-50(42)58-54)56-43-25-9-4-18-35(43)36-19-5-10-26-44(36)56/h1-33H. The summed E-state index contributed by atoms with van der Waals surface area (Å²) in [4.78, 5) is 0. The molecule has 58 heavy (non-hydrogen) atoms. The molecule has 4 heteroatoms.